The average molecular weight is 403 g/mol. The molecule has 136 valence electrons. The molecule has 2 heterocycles. The van der Waals surface area contributed by atoms with E-state index in [2.05, 4.69) is 10.1 Å². The molecule has 0 saturated heterocycles. The van der Waals surface area contributed by atoms with Crippen LogP contribution in [0, 0.1) is 11.6 Å². The summed E-state index contributed by atoms with van der Waals surface area (Å²) in [5, 5.41) is 3.46. The molecule has 0 spiro atoms. The van der Waals surface area contributed by atoms with E-state index >= 15 is 0 Å². The van der Waals surface area contributed by atoms with Crippen LogP contribution in [0.25, 0.3) is 19.5 Å². The van der Waals surface area contributed by atoms with Gasteiger partial charge < -0.3 is 10.1 Å². The molecule has 0 aliphatic heterocycles. The molecule has 4 aromatic rings. The summed E-state index contributed by atoms with van der Waals surface area (Å²) >= 11 is 2.86. The zero-order valence-corrected chi connectivity index (χ0v) is 15.5. The molecule has 0 saturated carbocycles. The highest BCUT2D eigenvalue weighted by Crippen LogP contribution is 2.39. The van der Waals surface area contributed by atoms with Crippen LogP contribution in [-0.4, -0.2) is 19.0 Å². The van der Waals surface area contributed by atoms with Crippen molar-refractivity contribution in [3.63, 3.8) is 0 Å². The van der Waals surface area contributed by atoms with E-state index in [9.17, 15) is 18.4 Å². The van der Waals surface area contributed by atoms with E-state index in [0.29, 0.717) is 10.9 Å². The van der Waals surface area contributed by atoms with Gasteiger partial charge in [0.25, 0.3) is 5.91 Å². The van der Waals surface area contributed by atoms with Crippen molar-refractivity contribution in [3.05, 3.63) is 64.5 Å². The fraction of sp³-hybridized carbons (Fsp3) is 0.0526. The highest BCUT2D eigenvalue weighted by Gasteiger charge is 2.20. The minimum atomic E-state index is -1.06. The molecular weight excluding hydrogens is 392 g/mol. The number of carbonyl (C=O) groups is 2. The number of ether oxygens (including phenoxy) is 1. The molecule has 2 aromatic heterocycles. The predicted molar refractivity (Wildman–Crippen MR) is 103 cm³/mol. The first kappa shape index (κ1) is 17.6. The van der Waals surface area contributed by atoms with E-state index in [4.69, 9.17) is 0 Å². The zero-order chi connectivity index (χ0) is 19.1. The summed E-state index contributed by atoms with van der Waals surface area (Å²) in [4.78, 5) is 24.5. The van der Waals surface area contributed by atoms with Crippen molar-refractivity contribution >= 4 is 59.7 Å². The van der Waals surface area contributed by atoms with E-state index in [1.807, 2.05) is 24.3 Å². The van der Waals surface area contributed by atoms with Gasteiger partial charge in [0.1, 0.15) is 11.6 Å². The van der Waals surface area contributed by atoms with Crippen molar-refractivity contribution in [3.8, 4) is 0 Å². The van der Waals surface area contributed by atoms with Gasteiger partial charge in [0, 0.05) is 20.9 Å². The lowest BCUT2D eigenvalue weighted by Gasteiger charge is -2.08. The Bertz CT molecular complexity index is 1210. The number of rotatable bonds is 3. The number of anilines is 1. The summed E-state index contributed by atoms with van der Waals surface area (Å²) in [7, 11) is 1.09. The van der Waals surface area contributed by atoms with Gasteiger partial charge in [-0.1, -0.05) is 18.2 Å². The SMILES string of the molecule is COC(=O)c1cc(NC(=O)c2cc3sc4ccccc4c3s2)c(F)cc1F. The maximum atomic E-state index is 14.0. The molecule has 4 rings (SSSR count). The Morgan fingerprint density at radius 2 is 1.78 bits per heavy atom. The Kier molecular flexibility index (Phi) is 4.37. The Hall–Kier alpha value is -2.84. The Balaban J connectivity index is 1.68. The molecular formula is C19H11F2NO3S2. The molecule has 2 aromatic carbocycles. The van der Waals surface area contributed by atoms with E-state index in [-0.39, 0.29) is 5.69 Å². The third-order valence-corrected chi connectivity index (χ3v) is 6.40. The minimum Gasteiger partial charge on any atom is -0.465 e. The monoisotopic (exact) mass is 403 g/mol. The van der Waals surface area contributed by atoms with Crippen LogP contribution in [0.2, 0.25) is 0 Å². The number of hydrogen-bond donors (Lipinski definition) is 1. The van der Waals surface area contributed by atoms with Gasteiger partial charge in [-0.25, -0.2) is 13.6 Å². The fourth-order valence-corrected chi connectivity index (χ4v) is 5.13. The number of benzene rings is 2. The number of halogens is 2. The minimum absolute atomic E-state index is 0.289. The van der Waals surface area contributed by atoms with Crippen molar-refractivity contribution in [2.75, 3.05) is 12.4 Å². The van der Waals surface area contributed by atoms with Gasteiger partial charge >= 0.3 is 5.97 Å². The van der Waals surface area contributed by atoms with Crippen molar-refractivity contribution in [2.45, 2.75) is 0 Å². The maximum Gasteiger partial charge on any atom is 0.340 e. The number of carbonyl (C=O) groups excluding carboxylic acids is 2. The number of amides is 1. The summed E-state index contributed by atoms with van der Waals surface area (Å²) in [5.74, 6) is -3.52. The first-order valence-corrected chi connectivity index (χ1v) is 9.41. The normalized spacial score (nSPS) is 11.1. The highest BCUT2D eigenvalue weighted by molar-refractivity contribution is 7.33. The highest BCUT2D eigenvalue weighted by atomic mass is 32.1. The Morgan fingerprint density at radius 3 is 2.56 bits per heavy atom. The Morgan fingerprint density at radius 1 is 1.00 bits per heavy atom. The van der Waals surface area contributed by atoms with Crippen LogP contribution in [0.4, 0.5) is 14.5 Å². The smallest absolute Gasteiger partial charge is 0.340 e. The molecule has 0 aliphatic carbocycles. The second-order valence-electron chi connectivity index (χ2n) is 5.66. The molecule has 0 radical (unpaired) electrons. The number of thiophene rings is 2. The molecule has 1 N–H and O–H groups in total. The second-order valence-corrected chi connectivity index (χ2v) is 7.80. The van der Waals surface area contributed by atoms with Crippen LogP contribution in [0.1, 0.15) is 20.0 Å². The van der Waals surface area contributed by atoms with Gasteiger partial charge in [-0.05, 0) is 18.2 Å². The van der Waals surface area contributed by atoms with E-state index in [1.165, 1.54) is 11.3 Å². The third-order valence-electron chi connectivity index (χ3n) is 3.98. The quantitative estimate of drug-likeness (QED) is 0.464. The van der Waals surface area contributed by atoms with Gasteiger partial charge in [0.15, 0.2) is 0 Å². The largest absolute Gasteiger partial charge is 0.465 e. The lowest BCUT2D eigenvalue weighted by molar-refractivity contribution is 0.0595. The third kappa shape index (κ3) is 3.07. The van der Waals surface area contributed by atoms with Crippen LogP contribution in [-0.2, 0) is 4.74 Å². The van der Waals surface area contributed by atoms with Crippen molar-refractivity contribution in [1.82, 2.24) is 0 Å². The van der Waals surface area contributed by atoms with Crippen LogP contribution < -0.4 is 5.32 Å². The molecule has 0 aliphatic rings. The zero-order valence-electron chi connectivity index (χ0n) is 13.8. The number of fused-ring (bicyclic) bond motifs is 3. The lowest BCUT2D eigenvalue weighted by atomic mass is 10.1. The van der Waals surface area contributed by atoms with Crippen molar-refractivity contribution < 1.29 is 23.1 Å². The van der Waals surface area contributed by atoms with Crippen molar-refractivity contribution in [2.24, 2.45) is 0 Å². The summed E-state index contributed by atoms with van der Waals surface area (Å²) in [6.45, 7) is 0. The molecule has 27 heavy (non-hydrogen) atoms. The number of hydrogen-bond acceptors (Lipinski definition) is 5. The maximum absolute atomic E-state index is 14.0. The summed E-state index contributed by atoms with van der Waals surface area (Å²) in [5.41, 5.74) is -0.740. The number of nitrogens with one attached hydrogen (secondary N) is 1. The fourth-order valence-electron chi connectivity index (χ4n) is 2.71. The molecule has 0 fully saturated rings. The van der Waals surface area contributed by atoms with Crippen LogP contribution in [0.3, 0.4) is 0 Å². The molecule has 0 unspecified atom stereocenters. The van der Waals surface area contributed by atoms with Gasteiger partial charge in [0.2, 0.25) is 0 Å². The number of methoxy groups -OCH3 is 1. The van der Waals surface area contributed by atoms with Crippen LogP contribution in [0.15, 0.2) is 42.5 Å². The Labute approximate surface area is 160 Å². The summed E-state index contributed by atoms with van der Waals surface area (Å²) in [6, 6.07) is 11.1. The van der Waals surface area contributed by atoms with Gasteiger partial charge in [-0.15, -0.1) is 22.7 Å². The van der Waals surface area contributed by atoms with E-state index < -0.39 is 29.1 Å². The predicted octanol–water partition coefficient (Wildman–Crippen LogP) is 5.43. The van der Waals surface area contributed by atoms with Crippen LogP contribution >= 0.6 is 22.7 Å². The van der Waals surface area contributed by atoms with Crippen molar-refractivity contribution in [1.29, 1.82) is 0 Å². The van der Waals surface area contributed by atoms with E-state index in [0.717, 1.165) is 32.7 Å². The average Bonchev–Trinajstić information content (AvgIpc) is 3.21. The number of esters is 1. The first-order valence-electron chi connectivity index (χ1n) is 7.77. The molecule has 0 atom stereocenters. The summed E-state index contributed by atoms with van der Waals surface area (Å²) in [6.07, 6.45) is 0. The standard InChI is InChI=1S/C19H11F2NO3S2/c1-25-19(24)10-6-13(12(21)7-11(10)20)22-18(23)16-8-15-17(27-16)9-4-2-3-5-14(9)26-15/h2-8H,1H3,(H,22,23). The van der Waals surface area contributed by atoms with Crippen LogP contribution in [0.5, 0.6) is 0 Å². The first-order chi connectivity index (χ1) is 13.0. The van der Waals surface area contributed by atoms with Gasteiger partial charge in [0.05, 0.1) is 27.9 Å². The topological polar surface area (TPSA) is 55.4 Å². The second kappa shape index (κ2) is 6.71. The summed E-state index contributed by atoms with van der Waals surface area (Å²) < 4.78 is 35.3. The molecule has 1 amide bonds. The lowest BCUT2D eigenvalue weighted by Crippen LogP contribution is -2.13. The molecule has 0 bridgehead atoms. The van der Waals surface area contributed by atoms with Gasteiger partial charge in [-0.3, -0.25) is 4.79 Å². The molecule has 8 heteroatoms. The molecule has 4 nitrogen and oxygen atoms in total. The van der Waals surface area contributed by atoms with Gasteiger partial charge in [-0.2, -0.15) is 0 Å². The van der Waals surface area contributed by atoms with E-state index in [1.54, 1.807) is 17.4 Å².